The van der Waals surface area contributed by atoms with Gasteiger partial charge in [0, 0.05) is 51.2 Å². The summed E-state index contributed by atoms with van der Waals surface area (Å²) in [6.45, 7) is 0.00480. The number of anilines is 9. The quantitative estimate of drug-likeness (QED) is 0.141. The van der Waals surface area contributed by atoms with Crippen LogP contribution in [-0.2, 0) is 5.41 Å². The van der Waals surface area contributed by atoms with E-state index < -0.39 is 5.41 Å². The Bertz CT molecular complexity index is 3510. The zero-order valence-corrected chi connectivity index (χ0v) is 39.7. The van der Waals surface area contributed by atoms with Crippen molar-refractivity contribution in [3.8, 4) is 11.1 Å². The molecule has 4 aliphatic rings. The number of hydrogen-bond acceptors (Lipinski definition) is 3. The van der Waals surface area contributed by atoms with Crippen molar-refractivity contribution in [3.63, 3.8) is 0 Å². The minimum Gasteiger partial charge on any atom is -0.311 e. The fraction of sp³-hybridized carbons (Fsp3) is 0.104. The van der Waals surface area contributed by atoms with Gasteiger partial charge in [0.15, 0.2) is 0 Å². The molecule has 0 unspecified atom stereocenters. The van der Waals surface area contributed by atoms with Gasteiger partial charge in [0.1, 0.15) is 0 Å². The van der Waals surface area contributed by atoms with Crippen LogP contribution < -0.4 is 31.1 Å². The van der Waals surface area contributed by atoms with Gasteiger partial charge in [0.2, 0.25) is 0 Å². The summed E-state index contributed by atoms with van der Waals surface area (Å²) >= 11 is 0. The highest BCUT2D eigenvalue weighted by Crippen LogP contribution is 2.58. The van der Waals surface area contributed by atoms with Crippen LogP contribution in [0.2, 0.25) is 0 Å². The molecule has 0 saturated heterocycles. The van der Waals surface area contributed by atoms with E-state index in [0.717, 1.165) is 22.7 Å². The van der Waals surface area contributed by atoms with Crippen molar-refractivity contribution in [2.75, 3.05) is 14.7 Å². The number of hydrogen-bond donors (Lipinski definition) is 0. The molecule has 0 amide bonds. The number of nitrogens with zero attached hydrogens (tertiary/aromatic N) is 3. The molecule has 338 valence electrons. The first-order chi connectivity index (χ1) is 35.3. The lowest BCUT2D eigenvalue weighted by Crippen LogP contribution is -2.61. The molecule has 0 radical (unpaired) electrons. The standard InChI is InChI=1S/C67H52BN3/c1-7-23-47(24-8-1)48-43-64-66-65(44-48)71(54-39-41-57-56-35-19-20-36-58(56)67(59(57)45-54,49-25-9-2-10-26-49)50-27-11-3-12-28-50)63-46-55(69(51-29-13-4-14-30-51)52-31-15-5-16-32-52)40-42-61(63)68(66)60-37-21-22-38-62(60)70(64)53-33-17-6-18-34-53/h2-6,9-22,25-47H,1,7-8,23-24H2. The van der Waals surface area contributed by atoms with E-state index in [1.54, 1.807) is 0 Å². The van der Waals surface area contributed by atoms with E-state index in [0.29, 0.717) is 5.92 Å². The first-order valence-electron chi connectivity index (χ1n) is 25.6. The Balaban J connectivity index is 1.09. The molecule has 10 aromatic carbocycles. The minimum atomic E-state index is -0.544. The monoisotopic (exact) mass is 909 g/mol. The maximum absolute atomic E-state index is 2.66. The van der Waals surface area contributed by atoms with Gasteiger partial charge < -0.3 is 14.7 Å². The Labute approximate surface area is 418 Å². The van der Waals surface area contributed by atoms with Crippen LogP contribution >= 0.6 is 0 Å². The molecule has 4 heteroatoms. The van der Waals surface area contributed by atoms with E-state index in [9.17, 15) is 0 Å². The molecular weight excluding hydrogens is 858 g/mol. The second-order valence-corrected chi connectivity index (χ2v) is 19.8. The topological polar surface area (TPSA) is 9.72 Å². The third kappa shape index (κ3) is 6.51. The van der Waals surface area contributed by atoms with Crippen LogP contribution in [0.5, 0.6) is 0 Å². The molecule has 3 nitrogen and oxygen atoms in total. The van der Waals surface area contributed by atoms with E-state index in [1.807, 2.05) is 0 Å². The summed E-state index contributed by atoms with van der Waals surface area (Å²) in [7, 11) is 0. The summed E-state index contributed by atoms with van der Waals surface area (Å²) in [5, 5.41) is 0. The number of fused-ring (bicyclic) bond motifs is 7. The Kier molecular flexibility index (Phi) is 9.94. The summed E-state index contributed by atoms with van der Waals surface area (Å²) in [4.78, 5) is 7.64. The fourth-order valence-corrected chi connectivity index (χ4v) is 13.1. The van der Waals surface area contributed by atoms with Crippen LogP contribution in [0.3, 0.4) is 0 Å². The number of benzene rings is 10. The van der Waals surface area contributed by atoms with Crippen LogP contribution in [-0.4, -0.2) is 6.71 Å². The number of para-hydroxylation sites is 4. The molecule has 0 atom stereocenters. The molecule has 0 bridgehead atoms. The third-order valence-corrected chi connectivity index (χ3v) is 16.1. The summed E-state index contributed by atoms with van der Waals surface area (Å²) in [6, 6.07) is 93.4. The molecule has 0 spiro atoms. The predicted octanol–water partition coefficient (Wildman–Crippen LogP) is 15.6. The van der Waals surface area contributed by atoms with Gasteiger partial charge in [0.05, 0.1) is 5.41 Å². The van der Waals surface area contributed by atoms with E-state index in [1.165, 1.54) is 116 Å². The molecule has 14 rings (SSSR count). The maximum atomic E-state index is 2.66. The lowest BCUT2D eigenvalue weighted by molar-refractivity contribution is 0.444. The van der Waals surface area contributed by atoms with Gasteiger partial charge in [-0.1, -0.05) is 189 Å². The van der Waals surface area contributed by atoms with E-state index in [-0.39, 0.29) is 6.71 Å². The van der Waals surface area contributed by atoms with Crippen LogP contribution in [0.25, 0.3) is 11.1 Å². The highest BCUT2D eigenvalue weighted by atomic mass is 15.2. The van der Waals surface area contributed by atoms with Gasteiger partial charge in [0.25, 0.3) is 6.71 Å². The van der Waals surface area contributed by atoms with Crippen molar-refractivity contribution in [3.05, 3.63) is 277 Å². The molecule has 0 aromatic heterocycles. The predicted molar refractivity (Wildman–Crippen MR) is 298 cm³/mol. The molecule has 1 fully saturated rings. The van der Waals surface area contributed by atoms with Crippen LogP contribution in [0.4, 0.5) is 51.2 Å². The van der Waals surface area contributed by atoms with Crippen molar-refractivity contribution < 1.29 is 0 Å². The first kappa shape index (κ1) is 41.6. The molecule has 0 N–H and O–H groups in total. The van der Waals surface area contributed by atoms with Gasteiger partial charge in [-0.05, 0) is 153 Å². The average Bonchev–Trinajstić information content (AvgIpc) is 3.75. The Morgan fingerprint density at radius 2 is 0.915 bits per heavy atom. The molecule has 1 saturated carbocycles. The van der Waals surface area contributed by atoms with Gasteiger partial charge in [-0.15, -0.1) is 0 Å². The lowest BCUT2D eigenvalue weighted by Gasteiger charge is -2.45. The summed E-state index contributed by atoms with van der Waals surface area (Å²) in [5.41, 5.74) is 23.3. The second kappa shape index (κ2) is 17.0. The van der Waals surface area contributed by atoms with E-state index in [4.69, 9.17) is 0 Å². The Hall–Kier alpha value is -8.34. The zero-order chi connectivity index (χ0) is 46.9. The first-order valence-corrected chi connectivity index (χ1v) is 25.6. The van der Waals surface area contributed by atoms with Crippen molar-refractivity contribution in [2.45, 2.75) is 43.4 Å². The highest BCUT2D eigenvalue weighted by Gasteiger charge is 2.48. The van der Waals surface area contributed by atoms with Gasteiger partial charge in [-0.25, -0.2) is 0 Å². The third-order valence-electron chi connectivity index (χ3n) is 16.1. The molecule has 2 aliphatic heterocycles. The van der Waals surface area contributed by atoms with Crippen molar-refractivity contribution in [1.82, 2.24) is 0 Å². The number of rotatable bonds is 8. The Morgan fingerprint density at radius 1 is 0.380 bits per heavy atom. The SMILES string of the molecule is c1ccc(N(c2ccccc2)c2ccc3c(c2)N(c2ccc4c(c2)C(c2ccccc2)(c2ccccc2)c2ccccc2-4)c2cc(C4CCCCC4)cc4c2B3c2ccccc2N4c2ccccc2)cc1. The summed E-state index contributed by atoms with van der Waals surface area (Å²) in [6.07, 6.45) is 6.26. The molecule has 10 aromatic rings. The van der Waals surface area contributed by atoms with Gasteiger partial charge >= 0.3 is 0 Å². The molecular formula is C67H52BN3. The van der Waals surface area contributed by atoms with Crippen LogP contribution in [0.15, 0.2) is 249 Å². The highest BCUT2D eigenvalue weighted by molar-refractivity contribution is 7.00. The smallest absolute Gasteiger partial charge is 0.252 e. The summed E-state index contributed by atoms with van der Waals surface area (Å²) < 4.78 is 0. The zero-order valence-electron chi connectivity index (χ0n) is 39.7. The van der Waals surface area contributed by atoms with Crippen molar-refractivity contribution in [1.29, 1.82) is 0 Å². The molecule has 2 heterocycles. The van der Waals surface area contributed by atoms with Crippen molar-refractivity contribution >= 4 is 74.3 Å². The van der Waals surface area contributed by atoms with E-state index >= 15 is 0 Å². The second-order valence-electron chi connectivity index (χ2n) is 19.8. The average molecular weight is 910 g/mol. The van der Waals surface area contributed by atoms with Crippen molar-refractivity contribution in [2.24, 2.45) is 0 Å². The molecule has 2 aliphatic carbocycles. The normalized spacial score (nSPS) is 15.0. The Morgan fingerprint density at radius 3 is 1.58 bits per heavy atom. The van der Waals surface area contributed by atoms with Crippen LogP contribution in [0, 0.1) is 0 Å². The largest absolute Gasteiger partial charge is 0.311 e. The van der Waals surface area contributed by atoms with Crippen LogP contribution in [0.1, 0.15) is 65.8 Å². The van der Waals surface area contributed by atoms with Gasteiger partial charge in [-0.3, -0.25) is 0 Å². The van der Waals surface area contributed by atoms with Gasteiger partial charge in [-0.2, -0.15) is 0 Å². The maximum Gasteiger partial charge on any atom is 0.252 e. The fourth-order valence-electron chi connectivity index (χ4n) is 13.1. The summed E-state index contributed by atoms with van der Waals surface area (Å²) in [5.74, 6) is 0.484. The lowest BCUT2D eigenvalue weighted by atomic mass is 9.33. The molecule has 71 heavy (non-hydrogen) atoms. The minimum absolute atomic E-state index is 0.00480. The van der Waals surface area contributed by atoms with E-state index in [2.05, 4.69) is 263 Å².